The summed E-state index contributed by atoms with van der Waals surface area (Å²) >= 11 is 0. The molecule has 174 valence electrons. The zero-order valence-electron chi connectivity index (χ0n) is 20.8. The van der Waals surface area contributed by atoms with Crippen LogP contribution >= 0.6 is 0 Å². The first-order valence-electron chi connectivity index (χ1n) is 12.8. The smallest absolute Gasteiger partial charge is 0.115 e. The fourth-order valence-corrected chi connectivity index (χ4v) is 4.77. The van der Waals surface area contributed by atoms with Crippen LogP contribution in [-0.2, 0) is 19.3 Å². The second kappa shape index (κ2) is 11.2. The summed E-state index contributed by atoms with van der Waals surface area (Å²) in [4.78, 5) is 0. The molecule has 4 aromatic rings. The van der Waals surface area contributed by atoms with Gasteiger partial charge in [0.1, 0.15) is 5.75 Å². The Hall–Kier alpha value is -3.32. The standard InChI is InChI=1S/C33H36O/c1-4-7-8-9-24-10-12-27(13-11-24)30-18-20-32(25(5-2)22-30)28-14-16-29(17-15-28)33-21-19-31(34)23-26(33)6-3/h10-23,34H,4-9H2,1-3H3. The Morgan fingerprint density at radius 3 is 1.65 bits per heavy atom. The Morgan fingerprint density at radius 1 is 0.529 bits per heavy atom. The topological polar surface area (TPSA) is 20.2 Å². The minimum Gasteiger partial charge on any atom is -0.508 e. The van der Waals surface area contributed by atoms with Gasteiger partial charge < -0.3 is 5.11 Å². The van der Waals surface area contributed by atoms with Gasteiger partial charge in [0, 0.05) is 0 Å². The van der Waals surface area contributed by atoms with Crippen LogP contribution in [0, 0.1) is 0 Å². The summed E-state index contributed by atoms with van der Waals surface area (Å²) < 4.78 is 0. The van der Waals surface area contributed by atoms with Crippen LogP contribution in [-0.4, -0.2) is 5.11 Å². The minimum absolute atomic E-state index is 0.330. The third-order valence-electron chi connectivity index (χ3n) is 6.82. The number of phenols is 1. The van der Waals surface area contributed by atoms with Gasteiger partial charge in [-0.3, -0.25) is 0 Å². The van der Waals surface area contributed by atoms with E-state index in [1.807, 2.05) is 12.1 Å². The van der Waals surface area contributed by atoms with Gasteiger partial charge in [0.25, 0.3) is 0 Å². The van der Waals surface area contributed by atoms with Crippen LogP contribution < -0.4 is 0 Å². The molecule has 0 radical (unpaired) electrons. The van der Waals surface area contributed by atoms with Crippen LogP contribution in [0.1, 0.15) is 56.7 Å². The van der Waals surface area contributed by atoms with E-state index in [1.165, 1.54) is 75.8 Å². The van der Waals surface area contributed by atoms with Crippen LogP contribution in [0.5, 0.6) is 5.75 Å². The van der Waals surface area contributed by atoms with Gasteiger partial charge in [0.05, 0.1) is 0 Å². The van der Waals surface area contributed by atoms with Crippen molar-refractivity contribution in [1.29, 1.82) is 0 Å². The third kappa shape index (κ3) is 5.42. The molecule has 1 nitrogen and oxygen atoms in total. The molecule has 4 rings (SSSR count). The molecule has 0 unspecified atom stereocenters. The van der Waals surface area contributed by atoms with Crippen molar-refractivity contribution >= 4 is 0 Å². The van der Waals surface area contributed by atoms with Gasteiger partial charge in [-0.15, -0.1) is 0 Å². The van der Waals surface area contributed by atoms with E-state index in [0.29, 0.717) is 5.75 Å². The molecule has 0 aromatic heterocycles. The summed E-state index contributed by atoms with van der Waals surface area (Å²) in [5.41, 5.74) is 11.5. The van der Waals surface area contributed by atoms with Gasteiger partial charge in [-0.25, -0.2) is 0 Å². The van der Waals surface area contributed by atoms with Gasteiger partial charge in [0.15, 0.2) is 0 Å². The maximum atomic E-state index is 9.83. The van der Waals surface area contributed by atoms with Gasteiger partial charge in [0.2, 0.25) is 0 Å². The van der Waals surface area contributed by atoms with Crippen molar-refractivity contribution in [3.63, 3.8) is 0 Å². The SMILES string of the molecule is CCCCCc1ccc(-c2ccc(-c3ccc(-c4ccc(O)cc4CC)cc3)c(CC)c2)cc1. The molecular formula is C33H36O. The molecule has 0 bridgehead atoms. The lowest BCUT2D eigenvalue weighted by molar-refractivity contribution is 0.474. The first kappa shape index (κ1) is 23.8. The molecule has 1 heteroatoms. The third-order valence-corrected chi connectivity index (χ3v) is 6.82. The van der Waals surface area contributed by atoms with Gasteiger partial charge in [-0.2, -0.15) is 0 Å². The van der Waals surface area contributed by atoms with Crippen molar-refractivity contribution in [1.82, 2.24) is 0 Å². The molecule has 0 saturated heterocycles. The van der Waals surface area contributed by atoms with Crippen LogP contribution in [0.3, 0.4) is 0 Å². The van der Waals surface area contributed by atoms with E-state index in [1.54, 1.807) is 6.07 Å². The van der Waals surface area contributed by atoms with E-state index in [0.717, 1.165) is 12.8 Å². The molecule has 0 aliphatic carbocycles. The fourth-order valence-electron chi connectivity index (χ4n) is 4.77. The fraction of sp³-hybridized carbons (Fsp3) is 0.273. The highest BCUT2D eigenvalue weighted by molar-refractivity contribution is 5.77. The summed E-state index contributed by atoms with van der Waals surface area (Å²) in [5, 5.41) is 9.83. The predicted molar refractivity (Wildman–Crippen MR) is 146 cm³/mol. The normalized spacial score (nSPS) is 11.0. The summed E-state index contributed by atoms with van der Waals surface area (Å²) in [5.74, 6) is 0.330. The number of benzene rings is 4. The quantitative estimate of drug-likeness (QED) is 0.253. The lowest BCUT2D eigenvalue weighted by Crippen LogP contribution is -1.91. The predicted octanol–water partition coefficient (Wildman–Crippen LogP) is 9.25. The molecular weight excluding hydrogens is 412 g/mol. The Bertz CT molecular complexity index is 1220. The summed E-state index contributed by atoms with van der Waals surface area (Å²) in [6.45, 7) is 6.61. The van der Waals surface area contributed by atoms with E-state index in [4.69, 9.17) is 0 Å². The van der Waals surface area contributed by atoms with E-state index in [-0.39, 0.29) is 0 Å². The van der Waals surface area contributed by atoms with Gasteiger partial charge in [-0.1, -0.05) is 106 Å². The molecule has 4 aromatic carbocycles. The van der Waals surface area contributed by atoms with Crippen molar-refractivity contribution in [2.24, 2.45) is 0 Å². The minimum atomic E-state index is 0.330. The molecule has 1 N–H and O–H groups in total. The Balaban J connectivity index is 1.57. The summed E-state index contributed by atoms with van der Waals surface area (Å²) in [6, 6.07) is 30.5. The van der Waals surface area contributed by atoms with E-state index < -0.39 is 0 Å². The summed E-state index contributed by atoms with van der Waals surface area (Å²) in [7, 11) is 0. The van der Waals surface area contributed by atoms with Crippen molar-refractivity contribution in [2.45, 2.75) is 59.3 Å². The second-order valence-electron chi connectivity index (χ2n) is 9.15. The lowest BCUT2D eigenvalue weighted by Gasteiger charge is -2.13. The molecule has 0 atom stereocenters. The molecule has 0 amide bonds. The number of hydrogen-bond donors (Lipinski definition) is 1. The summed E-state index contributed by atoms with van der Waals surface area (Å²) in [6.07, 6.45) is 6.91. The molecule has 34 heavy (non-hydrogen) atoms. The first-order chi connectivity index (χ1) is 16.6. The lowest BCUT2D eigenvalue weighted by atomic mass is 9.91. The maximum absolute atomic E-state index is 9.83. The number of hydrogen-bond acceptors (Lipinski definition) is 1. The number of aryl methyl sites for hydroxylation is 3. The highest BCUT2D eigenvalue weighted by atomic mass is 16.3. The Labute approximate surface area is 205 Å². The van der Waals surface area contributed by atoms with E-state index in [9.17, 15) is 5.11 Å². The zero-order chi connectivity index (χ0) is 23.9. The number of phenolic OH excluding ortho intramolecular Hbond substituents is 1. The van der Waals surface area contributed by atoms with Gasteiger partial charge >= 0.3 is 0 Å². The van der Waals surface area contributed by atoms with E-state index in [2.05, 4.69) is 87.5 Å². The highest BCUT2D eigenvalue weighted by Crippen LogP contribution is 2.33. The Kier molecular flexibility index (Phi) is 7.85. The average Bonchev–Trinajstić information content (AvgIpc) is 2.89. The van der Waals surface area contributed by atoms with Crippen LogP contribution in [0.15, 0.2) is 84.9 Å². The van der Waals surface area contributed by atoms with Crippen molar-refractivity contribution < 1.29 is 5.11 Å². The monoisotopic (exact) mass is 448 g/mol. The molecule has 0 aliphatic rings. The zero-order valence-corrected chi connectivity index (χ0v) is 20.8. The average molecular weight is 449 g/mol. The largest absolute Gasteiger partial charge is 0.508 e. The molecule has 0 aliphatic heterocycles. The van der Waals surface area contributed by atoms with Gasteiger partial charge in [-0.05, 0) is 87.9 Å². The van der Waals surface area contributed by atoms with Crippen molar-refractivity contribution in [2.75, 3.05) is 0 Å². The van der Waals surface area contributed by atoms with Crippen LogP contribution in [0.2, 0.25) is 0 Å². The molecule has 0 heterocycles. The number of rotatable bonds is 9. The number of aromatic hydroxyl groups is 1. The highest BCUT2D eigenvalue weighted by Gasteiger charge is 2.09. The molecule has 0 fully saturated rings. The van der Waals surface area contributed by atoms with Crippen molar-refractivity contribution in [3.05, 3.63) is 102 Å². The van der Waals surface area contributed by atoms with Crippen LogP contribution in [0.4, 0.5) is 0 Å². The second-order valence-corrected chi connectivity index (χ2v) is 9.15. The maximum Gasteiger partial charge on any atom is 0.115 e. The molecule has 0 spiro atoms. The van der Waals surface area contributed by atoms with E-state index >= 15 is 0 Å². The van der Waals surface area contributed by atoms with Crippen LogP contribution in [0.25, 0.3) is 33.4 Å². The van der Waals surface area contributed by atoms with Crippen molar-refractivity contribution in [3.8, 4) is 39.1 Å². The first-order valence-corrected chi connectivity index (χ1v) is 12.8. The Morgan fingerprint density at radius 2 is 1.06 bits per heavy atom. The molecule has 0 saturated carbocycles. The number of unbranched alkanes of at least 4 members (excludes halogenated alkanes) is 2.